The highest BCUT2D eigenvalue weighted by Gasteiger charge is 2.16. The van der Waals surface area contributed by atoms with Gasteiger partial charge in [-0.3, -0.25) is 10.1 Å². The van der Waals surface area contributed by atoms with Crippen molar-refractivity contribution in [3.63, 3.8) is 0 Å². The van der Waals surface area contributed by atoms with Gasteiger partial charge < -0.3 is 15.3 Å². The van der Waals surface area contributed by atoms with E-state index >= 15 is 0 Å². The van der Waals surface area contributed by atoms with Crippen LogP contribution in [0.1, 0.15) is 16.7 Å². The van der Waals surface area contributed by atoms with Crippen LogP contribution in [0.15, 0.2) is 110 Å². The molecule has 214 valence electrons. The monoisotopic (exact) mass is 575 g/mol. The first-order valence-electron chi connectivity index (χ1n) is 13.0. The molecule has 0 aliphatic rings. The molecule has 5 aromatic rings. The number of phenolic OH excluding ortho intramolecular Hbond substituents is 3. The number of hydrogen-bond acceptors (Lipinski definition) is 11. The Morgan fingerprint density at radius 1 is 0.605 bits per heavy atom. The SMILES string of the molecule is Cc1ccc(N=Nc2cc(N=Nc3cc(C)cc4cc(C)c(N=Nc5ccc([N+](=O)[O-])cc5)c(O)c34)c(O)cc2O)cc1. The molecule has 12 nitrogen and oxygen atoms in total. The van der Waals surface area contributed by atoms with Gasteiger partial charge in [-0.25, -0.2) is 0 Å². The molecule has 0 saturated carbocycles. The molecule has 0 fully saturated rings. The minimum atomic E-state index is -0.507. The predicted octanol–water partition coefficient (Wildman–Crippen LogP) is 10.0. The predicted molar refractivity (Wildman–Crippen MR) is 162 cm³/mol. The standard InChI is InChI=1S/C31H25N7O5/c1-17-4-6-21(7-5-17)32-34-24-15-25(28(40)16-27(24)39)35-36-26-13-18(2)12-20-14-19(3)30(31(41)29(20)26)37-33-22-8-10-23(11-9-22)38(42)43/h4-16,39-41H,1-3H3. The zero-order chi connectivity index (χ0) is 30.7. The van der Waals surface area contributed by atoms with Crippen molar-refractivity contribution in [2.45, 2.75) is 20.8 Å². The van der Waals surface area contributed by atoms with Crippen LogP contribution >= 0.6 is 0 Å². The van der Waals surface area contributed by atoms with Gasteiger partial charge in [0, 0.05) is 24.3 Å². The largest absolute Gasteiger partial charge is 0.505 e. The first-order chi connectivity index (χ1) is 20.6. The van der Waals surface area contributed by atoms with Gasteiger partial charge in [0.25, 0.3) is 5.69 Å². The number of non-ortho nitro benzene ring substituents is 1. The van der Waals surface area contributed by atoms with E-state index in [-0.39, 0.29) is 40.0 Å². The van der Waals surface area contributed by atoms with E-state index < -0.39 is 4.92 Å². The molecule has 0 aliphatic heterocycles. The van der Waals surface area contributed by atoms with Crippen molar-refractivity contribution >= 4 is 50.6 Å². The molecule has 43 heavy (non-hydrogen) atoms. The van der Waals surface area contributed by atoms with Crippen LogP contribution in [0.5, 0.6) is 17.2 Å². The van der Waals surface area contributed by atoms with Gasteiger partial charge in [-0.1, -0.05) is 23.8 Å². The molecule has 0 heterocycles. The summed E-state index contributed by atoms with van der Waals surface area (Å²) in [5.74, 6) is -0.799. The molecule has 0 radical (unpaired) electrons. The number of nitrogens with zero attached hydrogens (tertiary/aromatic N) is 7. The fourth-order valence-electron chi connectivity index (χ4n) is 4.27. The van der Waals surface area contributed by atoms with Gasteiger partial charge >= 0.3 is 0 Å². The highest BCUT2D eigenvalue weighted by Crippen LogP contribution is 2.45. The Morgan fingerprint density at radius 2 is 1.16 bits per heavy atom. The van der Waals surface area contributed by atoms with E-state index in [9.17, 15) is 25.4 Å². The number of nitro benzene ring substituents is 1. The Labute approximate surface area is 245 Å². The van der Waals surface area contributed by atoms with Crippen LogP contribution in [-0.2, 0) is 0 Å². The number of nitro groups is 1. The van der Waals surface area contributed by atoms with Crippen molar-refractivity contribution in [2.75, 3.05) is 0 Å². The van der Waals surface area contributed by atoms with Gasteiger partial charge in [0.1, 0.15) is 28.6 Å². The summed E-state index contributed by atoms with van der Waals surface area (Å²) in [6.45, 7) is 5.60. The Kier molecular flexibility index (Phi) is 7.84. The van der Waals surface area contributed by atoms with E-state index in [0.29, 0.717) is 33.4 Å². The molecular formula is C31H25N7O5. The summed E-state index contributed by atoms with van der Waals surface area (Å²) in [5, 5.41) is 69.0. The molecule has 3 N–H and O–H groups in total. The number of rotatable bonds is 7. The van der Waals surface area contributed by atoms with Crippen LogP contribution in [0.2, 0.25) is 0 Å². The van der Waals surface area contributed by atoms with E-state index in [2.05, 4.69) is 30.7 Å². The number of hydrogen-bond donors (Lipinski definition) is 3. The fourth-order valence-corrected chi connectivity index (χ4v) is 4.27. The Balaban J connectivity index is 1.51. The lowest BCUT2D eigenvalue weighted by atomic mass is 10.0. The van der Waals surface area contributed by atoms with Crippen molar-refractivity contribution in [1.82, 2.24) is 0 Å². The molecule has 5 aromatic carbocycles. The normalized spacial score (nSPS) is 11.8. The molecule has 0 atom stereocenters. The van der Waals surface area contributed by atoms with Crippen molar-refractivity contribution in [3.8, 4) is 17.2 Å². The second kappa shape index (κ2) is 11.8. The fraction of sp³-hybridized carbons (Fsp3) is 0.0968. The molecule has 12 heteroatoms. The number of azo groups is 3. The first kappa shape index (κ1) is 28.5. The summed E-state index contributed by atoms with van der Waals surface area (Å²) in [4.78, 5) is 10.4. The molecule has 0 bridgehead atoms. The molecule has 0 amide bonds. The molecule has 0 saturated heterocycles. The van der Waals surface area contributed by atoms with Crippen molar-refractivity contribution in [1.29, 1.82) is 0 Å². The second-order valence-corrected chi connectivity index (χ2v) is 9.81. The van der Waals surface area contributed by atoms with Crippen LogP contribution in [0.3, 0.4) is 0 Å². The molecule has 0 aromatic heterocycles. The highest BCUT2D eigenvalue weighted by molar-refractivity contribution is 6.01. The molecule has 0 spiro atoms. The topological polar surface area (TPSA) is 178 Å². The third-order valence-corrected chi connectivity index (χ3v) is 6.47. The zero-order valence-electron chi connectivity index (χ0n) is 23.3. The minimum absolute atomic E-state index is 0.0231. The Bertz CT molecular complexity index is 1950. The summed E-state index contributed by atoms with van der Waals surface area (Å²) in [6.07, 6.45) is 0. The average Bonchev–Trinajstić information content (AvgIpc) is 2.96. The smallest absolute Gasteiger partial charge is 0.269 e. The number of benzene rings is 5. The van der Waals surface area contributed by atoms with E-state index in [1.165, 1.54) is 30.3 Å². The van der Waals surface area contributed by atoms with Crippen molar-refractivity contribution in [2.24, 2.45) is 30.7 Å². The van der Waals surface area contributed by atoms with Gasteiger partial charge in [-0.05, 0) is 73.7 Å². The number of aryl methyl sites for hydroxylation is 3. The van der Waals surface area contributed by atoms with Gasteiger partial charge in [0.2, 0.25) is 0 Å². The lowest BCUT2D eigenvalue weighted by Crippen LogP contribution is -1.85. The van der Waals surface area contributed by atoms with Gasteiger partial charge in [-0.2, -0.15) is 10.2 Å². The van der Waals surface area contributed by atoms with Crippen LogP contribution in [-0.4, -0.2) is 20.2 Å². The van der Waals surface area contributed by atoms with E-state index in [1.807, 2.05) is 38.1 Å². The Hall–Kier alpha value is -6.04. The average molecular weight is 576 g/mol. The van der Waals surface area contributed by atoms with Crippen LogP contribution < -0.4 is 0 Å². The van der Waals surface area contributed by atoms with Crippen LogP contribution in [0.4, 0.5) is 39.8 Å². The zero-order valence-corrected chi connectivity index (χ0v) is 23.3. The van der Waals surface area contributed by atoms with Crippen molar-refractivity contribution < 1.29 is 20.2 Å². The molecule has 5 rings (SSSR count). The van der Waals surface area contributed by atoms with Crippen LogP contribution in [0.25, 0.3) is 10.8 Å². The van der Waals surface area contributed by atoms with Gasteiger partial charge in [-0.15, -0.1) is 20.5 Å². The second-order valence-electron chi connectivity index (χ2n) is 9.81. The lowest BCUT2D eigenvalue weighted by molar-refractivity contribution is -0.384. The number of fused-ring (bicyclic) bond motifs is 1. The summed E-state index contributed by atoms with van der Waals surface area (Å²) >= 11 is 0. The van der Waals surface area contributed by atoms with E-state index in [4.69, 9.17) is 0 Å². The summed E-state index contributed by atoms with van der Waals surface area (Å²) in [5.41, 5.74) is 4.03. The third-order valence-electron chi connectivity index (χ3n) is 6.47. The lowest BCUT2D eigenvalue weighted by Gasteiger charge is -2.11. The van der Waals surface area contributed by atoms with Crippen LogP contribution in [0, 0.1) is 30.9 Å². The third kappa shape index (κ3) is 6.33. The quantitative estimate of drug-likeness (QED) is 0.0990. The first-order valence-corrected chi connectivity index (χ1v) is 13.0. The van der Waals surface area contributed by atoms with Crippen molar-refractivity contribution in [3.05, 3.63) is 106 Å². The van der Waals surface area contributed by atoms with E-state index in [1.54, 1.807) is 25.1 Å². The summed E-state index contributed by atoms with van der Waals surface area (Å²) in [6, 6.07) is 20.7. The van der Waals surface area contributed by atoms with Gasteiger partial charge in [0.05, 0.1) is 27.4 Å². The summed E-state index contributed by atoms with van der Waals surface area (Å²) < 4.78 is 0. The maximum absolute atomic E-state index is 11.3. The maximum Gasteiger partial charge on any atom is 0.269 e. The number of aromatic hydroxyl groups is 3. The van der Waals surface area contributed by atoms with E-state index in [0.717, 1.165) is 17.2 Å². The molecule has 0 aliphatic carbocycles. The Morgan fingerprint density at radius 3 is 1.79 bits per heavy atom. The highest BCUT2D eigenvalue weighted by atomic mass is 16.6. The van der Waals surface area contributed by atoms with Gasteiger partial charge in [0.15, 0.2) is 5.75 Å². The number of phenols is 3. The summed E-state index contributed by atoms with van der Waals surface area (Å²) in [7, 11) is 0. The molecule has 0 unspecified atom stereocenters. The maximum atomic E-state index is 11.3. The molecular weight excluding hydrogens is 550 g/mol. The minimum Gasteiger partial charge on any atom is -0.505 e.